The Hall–Kier alpha value is -8.00. The van der Waals surface area contributed by atoms with Crippen LogP contribution in [0.5, 0.6) is 0 Å². The molecule has 0 N–H and O–H groups in total. The molecule has 1 nitrogen and oxygen atoms in total. The molecule has 11 aromatic rings. The Morgan fingerprint density at radius 3 is 1.66 bits per heavy atom. The Kier molecular flexibility index (Phi) is 8.91. The number of hydrogen-bond acceptors (Lipinski definition) is 1. The summed E-state index contributed by atoms with van der Waals surface area (Å²) in [6.45, 7) is 4.75. The summed E-state index contributed by atoms with van der Waals surface area (Å²) in [7, 11) is 0. The maximum absolute atomic E-state index is 2.51. The predicted molar refractivity (Wildman–Crippen MR) is 273 cm³/mol. The van der Waals surface area contributed by atoms with Gasteiger partial charge >= 0.3 is 0 Å². The van der Waals surface area contributed by atoms with E-state index in [9.17, 15) is 0 Å². The molecule has 11 aromatic carbocycles. The normalized spacial score (nSPS) is 12.7. The molecule has 0 saturated heterocycles. The van der Waals surface area contributed by atoms with Crippen LogP contribution in [0.15, 0.2) is 237 Å². The van der Waals surface area contributed by atoms with Gasteiger partial charge in [0.05, 0.1) is 5.69 Å². The summed E-state index contributed by atoms with van der Waals surface area (Å²) < 4.78 is 0. The molecule has 0 bridgehead atoms. The SMILES string of the molecule is CC1(C)c2ccccc2-c2ccc(N(c3ccc(-c4cccc5ccccc45)cc3)c3cccc(-c4ccccc4-c4ccccc4)c3-c3cc4ccccc4c4ccccc34)cc21. The third kappa shape index (κ3) is 6.08. The molecule has 0 spiro atoms. The van der Waals surface area contributed by atoms with Gasteiger partial charge in [0.1, 0.15) is 0 Å². The predicted octanol–water partition coefficient (Wildman–Crippen LogP) is 17.6. The minimum Gasteiger partial charge on any atom is -0.310 e. The first-order chi connectivity index (χ1) is 31.5. The van der Waals surface area contributed by atoms with Crippen LogP contribution in [0.2, 0.25) is 0 Å². The van der Waals surface area contributed by atoms with Gasteiger partial charge in [-0.25, -0.2) is 0 Å². The van der Waals surface area contributed by atoms with E-state index in [2.05, 4.69) is 255 Å². The number of anilines is 3. The molecule has 0 radical (unpaired) electrons. The van der Waals surface area contributed by atoms with Crippen molar-refractivity contribution in [3.05, 3.63) is 248 Å². The molecule has 0 unspecified atom stereocenters. The first kappa shape index (κ1) is 37.7. The highest BCUT2D eigenvalue weighted by Gasteiger charge is 2.36. The molecule has 64 heavy (non-hydrogen) atoms. The maximum Gasteiger partial charge on any atom is 0.0546 e. The van der Waals surface area contributed by atoms with Gasteiger partial charge < -0.3 is 4.90 Å². The third-order valence-electron chi connectivity index (χ3n) is 13.7. The fourth-order valence-electron chi connectivity index (χ4n) is 10.6. The van der Waals surface area contributed by atoms with E-state index in [0.717, 1.165) is 17.1 Å². The van der Waals surface area contributed by atoms with E-state index in [1.807, 2.05) is 0 Å². The second kappa shape index (κ2) is 15.1. The zero-order valence-corrected chi connectivity index (χ0v) is 36.0. The van der Waals surface area contributed by atoms with Crippen LogP contribution in [0.25, 0.3) is 88.0 Å². The van der Waals surface area contributed by atoms with Crippen LogP contribution in [-0.4, -0.2) is 0 Å². The van der Waals surface area contributed by atoms with E-state index in [1.165, 1.54) is 99.1 Å². The number of hydrogen-bond donors (Lipinski definition) is 0. The Bertz CT molecular complexity index is 3570. The number of nitrogens with zero attached hydrogens (tertiary/aromatic N) is 1. The van der Waals surface area contributed by atoms with E-state index < -0.39 is 0 Å². The molecular weight excluding hydrogens is 771 g/mol. The van der Waals surface area contributed by atoms with E-state index in [-0.39, 0.29) is 5.41 Å². The maximum atomic E-state index is 2.51. The zero-order chi connectivity index (χ0) is 42.8. The summed E-state index contributed by atoms with van der Waals surface area (Å²) in [5, 5.41) is 7.44. The molecule has 1 aliphatic carbocycles. The van der Waals surface area contributed by atoms with Crippen molar-refractivity contribution in [2.75, 3.05) is 4.90 Å². The summed E-state index contributed by atoms with van der Waals surface area (Å²) in [5.74, 6) is 0. The highest BCUT2D eigenvalue weighted by molar-refractivity contribution is 6.17. The average molecular weight is 816 g/mol. The van der Waals surface area contributed by atoms with Gasteiger partial charge in [-0.15, -0.1) is 0 Å². The average Bonchev–Trinajstić information content (AvgIpc) is 3.59. The van der Waals surface area contributed by atoms with E-state index in [0.29, 0.717) is 0 Å². The van der Waals surface area contributed by atoms with Crippen LogP contribution >= 0.6 is 0 Å². The molecule has 1 heteroatoms. The largest absolute Gasteiger partial charge is 0.310 e. The summed E-state index contributed by atoms with van der Waals surface area (Å²) in [5.41, 5.74) is 18.1. The van der Waals surface area contributed by atoms with Crippen molar-refractivity contribution in [3.8, 4) is 55.6 Å². The molecule has 0 aromatic heterocycles. The molecule has 0 amide bonds. The molecule has 0 saturated carbocycles. The summed E-state index contributed by atoms with van der Waals surface area (Å²) in [6, 6.07) is 87.4. The first-order valence-electron chi connectivity index (χ1n) is 22.3. The van der Waals surface area contributed by atoms with Crippen LogP contribution in [0.3, 0.4) is 0 Å². The lowest BCUT2D eigenvalue weighted by molar-refractivity contribution is 0.660. The number of benzene rings is 11. The summed E-state index contributed by atoms with van der Waals surface area (Å²) >= 11 is 0. The Labute approximate surface area is 375 Å². The molecule has 1 aliphatic rings. The monoisotopic (exact) mass is 815 g/mol. The minimum absolute atomic E-state index is 0.167. The van der Waals surface area contributed by atoms with Gasteiger partial charge in [-0.05, 0) is 130 Å². The van der Waals surface area contributed by atoms with Gasteiger partial charge in [0.2, 0.25) is 0 Å². The van der Waals surface area contributed by atoms with Crippen molar-refractivity contribution >= 4 is 49.4 Å². The second-order valence-corrected chi connectivity index (χ2v) is 17.6. The van der Waals surface area contributed by atoms with Crippen molar-refractivity contribution in [2.24, 2.45) is 0 Å². The van der Waals surface area contributed by atoms with Gasteiger partial charge in [-0.3, -0.25) is 0 Å². The van der Waals surface area contributed by atoms with Crippen molar-refractivity contribution in [2.45, 2.75) is 19.3 Å². The molecule has 0 atom stereocenters. The Balaban J connectivity index is 1.16. The lowest BCUT2D eigenvalue weighted by Gasteiger charge is -2.31. The van der Waals surface area contributed by atoms with Crippen molar-refractivity contribution in [3.63, 3.8) is 0 Å². The molecule has 302 valence electrons. The van der Waals surface area contributed by atoms with E-state index in [1.54, 1.807) is 0 Å². The van der Waals surface area contributed by atoms with Crippen molar-refractivity contribution in [1.29, 1.82) is 0 Å². The van der Waals surface area contributed by atoms with Crippen LogP contribution < -0.4 is 4.90 Å². The fraction of sp³-hybridized carbons (Fsp3) is 0.0476. The van der Waals surface area contributed by atoms with Crippen LogP contribution in [-0.2, 0) is 5.41 Å². The molecule has 0 aliphatic heterocycles. The molecule has 0 heterocycles. The number of fused-ring (bicyclic) bond motifs is 7. The second-order valence-electron chi connectivity index (χ2n) is 17.6. The zero-order valence-electron chi connectivity index (χ0n) is 36.0. The van der Waals surface area contributed by atoms with Crippen molar-refractivity contribution in [1.82, 2.24) is 0 Å². The third-order valence-corrected chi connectivity index (χ3v) is 13.7. The smallest absolute Gasteiger partial charge is 0.0546 e. The van der Waals surface area contributed by atoms with Crippen LogP contribution in [0.4, 0.5) is 17.1 Å². The lowest BCUT2D eigenvalue weighted by atomic mass is 9.82. The lowest BCUT2D eigenvalue weighted by Crippen LogP contribution is -2.17. The van der Waals surface area contributed by atoms with Crippen LogP contribution in [0.1, 0.15) is 25.0 Å². The summed E-state index contributed by atoms with van der Waals surface area (Å²) in [6.07, 6.45) is 0. The Morgan fingerprint density at radius 2 is 0.844 bits per heavy atom. The van der Waals surface area contributed by atoms with Gasteiger partial charge in [-0.1, -0.05) is 214 Å². The molecule has 12 rings (SSSR count). The molecular formula is C63H45N. The molecule has 0 fully saturated rings. The highest BCUT2D eigenvalue weighted by atomic mass is 15.1. The first-order valence-corrected chi connectivity index (χ1v) is 22.3. The standard InChI is InChI=1S/C63H45N/c1-63(2)59-32-15-14-29-55(59)56-39-38-47(41-60(56)63)64(46-36-34-44(35-37-46)49-30-16-22-43-20-6-8-23-48(43)49)61-33-17-31-57(53-27-11-10-24-50(53)42-18-4-3-5-19-42)62(61)58-40-45-21-7-9-25-51(45)52-26-12-13-28-54(52)58/h3-41H,1-2H3. The van der Waals surface area contributed by atoms with Gasteiger partial charge in [-0.2, -0.15) is 0 Å². The van der Waals surface area contributed by atoms with E-state index >= 15 is 0 Å². The fourth-order valence-corrected chi connectivity index (χ4v) is 10.6. The summed E-state index contributed by atoms with van der Waals surface area (Å²) in [4.78, 5) is 2.51. The van der Waals surface area contributed by atoms with Crippen molar-refractivity contribution < 1.29 is 0 Å². The highest BCUT2D eigenvalue weighted by Crippen LogP contribution is 2.53. The van der Waals surface area contributed by atoms with Crippen LogP contribution in [0, 0.1) is 0 Å². The minimum atomic E-state index is -0.167. The van der Waals surface area contributed by atoms with Gasteiger partial charge in [0, 0.05) is 22.4 Å². The number of rotatable bonds is 7. The van der Waals surface area contributed by atoms with Gasteiger partial charge in [0.15, 0.2) is 0 Å². The van der Waals surface area contributed by atoms with Gasteiger partial charge in [0.25, 0.3) is 0 Å². The topological polar surface area (TPSA) is 3.24 Å². The van der Waals surface area contributed by atoms with E-state index in [4.69, 9.17) is 0 Å². The quantitative estimate of drug-likeness (QED) is 0.145. The Morgan fingerprint density at radius 1 is 0.297 bits per heavy atom.